The summed E-state index contributed by atoms with van der Waals surface area (Å²) in [6.07, 6.45) is 3.14. The molecule has 2 unspecified atom stereocenters. The second-order valence-electron chi connectivity index (χ2n) is 3.50. The summed E-state index contributed by atoms with van der Waals surface area (Å²) >= 11 is 4.40. The van der Waals surface area contributed by atoms with Gasteiger partial charge in [0, 0.05) is 11.4 Å². The van der Waals surface area contributed by atoms with Crippen LogP contribution in [-0.4, -0.2) is 33.2 Å². The maximum absolute atomic E-state index is 11.8. The van der Waals surface area contributed by atoms with Crippen molar-refractivity contribution in [3.05, 3.63) is 11.9 Å². The number of carbonyl (C=O) groups excluding carboxylic acids is 1. The van der Waals surface area contributed by atoms with Crippen LogP contribution in [0.2, 0.25) is 0 Å². The van der Waals surface area contributed by atoms with E-state index < -0.39 is 0 Å². The lowest BCUT2D eigenvalue weighted by atomic mass is 9.99. The number of rotatable bonds is 6. The van der Waals surface area contributed by atoms with Gasteiger partial charge < -0.3 is 4.74 Å². The maximum Gasteiger partial charge on any atom is 0.315 e. The Hall–Kier alpha value is -1.04. The summed E-state index contributed by atoms with van der Waals surface area (Å²) < 4.78 is 5.02. The number of aromatic amines is 1. The lowest BCUT2D eigenvalue weighted by Crippen LogP contribution is -2.19. The number of nitrogens with zero attached hydrogens (tertiary/aromatic N) is 2. The Labute approximate surface area is 100 Å². The van der Waals surface area contributed by atoms with Crippen molar-refractivity contribution in [2.24, 2.45) is 0 Å². The van der Waals surface area contributed by atoms with E-state index in [1.807, 2.05) is 6.92 Å². The molecule has 0 spiro atoms. The summed E-state index contributed by atoms with van der Waals surface area (Å²) in [5.74, 6) is -0.634. The molecule has 90 valence electrons. The number of ether oxygens (including phenoxy) is 1. The molecule has 1 rings (SSSR count). The van der Waals surface area contributed by atoms with Crippen molar-refractivity contribution in [3.63, 3.8) is 0 Å². The first-order valence-electron chi connectivity index (χ1n) is 5.40. The molecule has 0 aromatic carbocycles. The first-order chi connectivity index (χ1) is 7.69. The molecule has 16 heavy (non-hydrogen) atoms. The van der Waals surface area contributed by atoms with Crippen LogP contribution in [0.4, 0.5) is 0 Å². The Morgan fingerprint density at radius 1 is 1.62 bits per heavy atom. The van der Waals surface area contributed by atoms with Crippen LogP contribution in [-0.2, 0) is 9.53 Å². The lowest BCUT2D eigenvalue weighted by molar-refractivity contribution is -0.145. The highest BCUT2D eigenvalue weighted by atomic mass is 32.1. The van der Waals surface area contributed by atoms with Crippen molar-refractivity contribution >= 4 is 18.6 Å². The van der Waals surface area contributed by atoms with Gasteiger partial charge in [0.15, 0.2) is 0 Å². The molecule has 0 amide bonds. The van der Waals surface area contributed by atoms with Gasteiger partial charge in [0.2, 0.25) is 0 Å². The van der Waals surface area contributed by atoms with Gasteiger partial charge in [-0.1, -0.05) is 12.1 Å². The normalized spacial score (nSPS) is 14.4. The smallest absolute Gasteiger partial charge is 0.315 e. The molecular weight excluding hydrogens is 226 g/mol. The molecule has 0 radical (unpaired) electrons. The number of hydrogen-bond donors (Lipinski definition) is 2. The fraction of sp³-hybridized carbons (Fsp3) is 0.700. The fourth-order valence-electron chi connectivity index (χ4n) is 1.40. The highest BCUT2D eigenvalue weighted by Gasteiger charge is 2.26. The first kappa shape index (κ1) is 13.0. The van der Waals surface area contributed by atoms with E-state index in [-0.39, 0.29) is 17.1 Å². The molecule has 1 heterocycles. The third-order valence-electron chi connectivity index (χ3n) is 2.34. The van der Waals surface area contributed by atoms with E-state index in [0.29, 0.717) is 18.7 Å². The topological polar surface area (TPSA) is 67.9 Å². The Morgan fingerprint density at radius 3 is 2.88 bits per heavy atom. The van der Waals surface area contributed by atoms with E-state index in [4.69, 9.17) is 4.74 Å². The van der Waals surface area contributed by atoms with Gasteiger partial charge in [0.05, 0.1) is 12.3 Å². The summed E-state index contributed by atoms with van der Waals surface area (Å²) in [6.45, 7) is 4.19. The zero-order valence-corrected chi connectivity index (χ0v) is 10.4. The fourth-order valence-corrected chi connectivity index (χ4v) is 1.61. The van der Waals surface area contributed by atoms with Crippen molar-refractivity contribution in [2.75, 3.05) is 6.61 Å². The Balaban J connectivity index is 2.73. The molecule has 2 atom stereocenters. The lowest BCUT2D eigenvalue weighted by Gasteiger charge is -2.15. The maximum atomic E-state index is 11.8. The molecule has 0 aliphatic rings. The number of H-pyrrole nitrogens is 1. The van der Waals surface area contributed by atoms with E-state index in [2.05, 4.69) is 28.0 Å². The summed E-state index contributed by atoms with van der Waals surface area (Å²) in [7, 11) is 0. The minimum atomic E-state index is -0.374. The van der Waals surface area contributed by atoms with Crippen LogP contribution in [0.3, 0.4) is 0 Å². The van der Waals surface area contributed by atoms with Gasteiger partial charge in [-0.25, -0.2) is 0 Å². The number of aromatic nitrogens is 3. The average Bonchev–Trinajstić information content (AvgIpc) is 2.78. The molecule has 0 aliphatic heterocycles. The minimum Gasteiger partial charge on any atom is -0.465 e. The highest BCUT2D eigenvalue weighted by molar-refractivity contribution is 7.80. The minimum absolute atomic E-state index is 0.158. The average molecular weight is 243 g/mol. The van der Waals surface area contributed by atoms with Gasteiger partial charge >= 0.3 is 5.97 Å². The molecule has 0 fully saturated rings. The number of hydrogen-bond acceptors (Lipinski definition) is 5. The second-order valence-corrected chi connectivity index (χ2v) is 4.23. The van der Waals surface area contributed by atoms with Gasteiger partial charge in [0.1, 0.15) is 5.92 Å². The predicted octanol–water partition coefficient (Wildman–Crippen LogP) is 1.55. The SMILES string of the molecule is CCOC(=O)C(CC(S)CC)c1c[nH]nn1. The summed E-state index contributed by atoms with van der Waals surface area (Å²) in [4.78, 5) is 11.8. The number of thiol groups is 1. The molecule has 0 saturated heterocycles. The highest BCUT2D eigenvalue weighted by Crippen LogP contribution is 2.24. The van der Waals surface area contributed by atoms with Crippen LogP contribution in [0.1, 0.15) is 38.3 Å². The Kier molecular flexibility index (Phi) is 5.31. The van der Waals surface area contributed by atoms with Crippen molar-refractivity contribution in [1.29, 1.82) is 0 Å². The molecule has 0 aliphatic carbocycles. The molecule has 6 heteroatoms. The molecule has 1 aromatic heterocycles. The number of carbonyl (C=O) groups is 1. The molecule has 0 saturated carbocycles. The summed E-state index contributed by atoms with van der Waals surface area (Å²) in [5.41, 5.74) is 0.617. The van der Waals surface area contributed by atoms with E-state index >= 15 is 0 Å². The monoisotopic (exact) mass is 243 g/mol. The van der Waals surface area contributed by atoms with Gasteiger partial charge in [-0.05, 0) is 19.8 Å². The third kappa shape index (κ3) is 3.52. The van der Waals surface area contributed by atoms with Crippen LogP contribution < -0.4 is 0 Å². The Morgan fingerprint density at radius 2 is 2.38 bits per heavy atom. The standard InChI is InChI=1S/C10H17N3O2S/c1-3-7(16)5-8(10(14)15-4-2)9-6-11-13-12-9/h6-8,16H,3-5H2,1-2H3,(H,11,12,13). The number of nitrogens with one attached hydrogen (secondary N) is 1. The van der Waals surface area contributed by atoms with Gasteiger partial charge in [0.25, 0.3) is 0 Å². The van der Waals surface area contributed by atoms with Gasteiger partial charge in [-0.2, -0.15) is 12.6 Å². The van der Waals surface area contributed by atoms with Crippen LogP contribution in [0.25, 0.3) is 0 Å². The van der Waals surface area contributed by atoms with Crippen molar-refractivity contribution in [3.8, 4) is 0 Å². The molecule has 1 aromatic rings. The van der Waals surface area contributed by atoms with E-state index in [1.54, 1.807) is 13.1 Å². The van der Waals surface area contributed by atoms with E-state index in [0.717, 1.165) is 6.42 Å². The molecule has 0 bridgehead atoms. The van der Waals surface area contributed by atoms with Gasteiger partial charge in [-0.15, -0.1) is 5.10 Å². The Bertz CT molecular complexity index is 316. The van der Waals surface area contributed by atoms with E-state index in [1.165, 1.54) is 0 Å². The number of esters is 1. The largest absolute Gasteiger partial charge is 0.465 e. The van der Waals surface area contributed by atoms with Crippen molar-refractivity contribution in [2.45, 2.75) is 37.9 Å². The van der Waals surface area contributed by atoms with Crippen LogP contribution in [0.5, 0.6) is 0 Å². The summed E-state index contributed by atoms with van der Waals surface area (Å²) in [5, 5.41) is 10.2. The molecule has 5 nitrogen and oxygen atoms in total. The van der Waals surface area contributed by atoms with Gasteiger partial charge in [-0.3, -0.25) is 9.89 Å². The first-order valence-corrected chi connectivity index (χ1v) is 5.91. The van der Waals surface area contributed by atoms with Crippen LogP contribution in [0, 0.1) is 0 Å². The molecule has 1 N–H and O–H groups in total. The van der Waals surface area contributed by atoms with Crippen molar-refractivity contribution < 1.29 is 9.53 Å². The predicted molar refractivity (Wildman–Crippen MR) is 63.4 cm³/mol. The van der Waals surface area contributed by atoms with E-state index in [9.17, 15) is 4.79 Å². The third-order valence-corrected chi connectivity index (χ3v) is 2.92. The van der Waals surface area contributed by atoms with Crippen LogP contribution in [0.15, 0.2) is 6.20 Å². The van der Waals surface area contributed by atoms with Crippen LogP contribution >= 0.6 is 12.6 Å². The summed E-state index contributed by atoms with van der Waals surface area (Å²) in [6, 6.07) is 0. The quantitative estimate of drug-likeness (QED) is 0.587. The molecular formula is C10H17N3O2S. The zero-order valence-electron chi connectivity index (χ0n) is 9.51. The zero-order chi connectivity index (χ0) is 12.0. The second kappa shape index (κ2) is 6.52. The van der Waals surface area contributed by atoms with Crippen molar-refractivity contribution in [1.82, 2.24) is 15.4 Å².